The second-order valence-electron chi connectivity index (χ2n) is 6.32. The van der Waals surface area contributed by atoms with E-state index in [4.69, 9.17) is 5.73 Å². The molecule has 2 aromatic heterocycles. The van der Waals surface area contributed by atoms with Crippen LogP contribution in [0.2, 0.25) is 0 Å². The van der Waals surface area contributed by atoms with Crippen LogP contribution in [0.4, 0.5) is 11.5 Å². The fourth-order valence-corrected chi connectivity index (χ4v) is 3.48. The molecule has 8 heteroatoms. The standard InChI is InChI=1S/C20H17N5O3/c21-17(26)15(13-7-4-9-22-11-13)25-16-14(20(27)28)8-10-23-18(16)24-19(25)12-5-2-1-3-6-12/h1-11,15,19H,(H2,21,26)(H,23,24)(H,27,28). The van der Waals surface area contributed by atoms with E-state index in [9.17, 15) is 14.7 Å². The number of carboxylic acid groups (broad SMARTS) is 1. The average Bonchev–Trinajstić information content (AvgIpc) is 3.08. The van der Waals surface area contributed by atoms with Crippen LogP contribution < -0.4 is 16.0 Å². The number of nitrogens with two attached hydrogens (primary N) is 1. The molecule has 28 heavy (non-hydrogen) atoms. The van der Waals surface area contributed by atoms with Gasteiger partial charge in [0.05, 0.1) is 11.3 Å². The van der Waals surface area contributed by atoms with Crippen LogP contribution in [-0.4, -0.2) is 27.0 Å². The predicted octanol–water partition coefficient (Wildman–Crippen LogP) is 2.33. The first-order valence-corrected chi connectivity index (χ1v) is 8.59. The Morgan fingerprint density at radius 1 is 1.11 bits per heavy atom. The Morgan fingerprint density at radius 2 is 1.89 bits per heavy atom. The van der Waals surface area contributed by atoms with Crippen molar-refractivity contribution in [3.8, 4) is 0 Å². The molecular formula is C20H17N5O3. The zero-order chi connectivity index (χ0) is 19.7. The molecule has 8 nitrogen and oxygen atoms in total. The van der Waals surface area contributed by atoms with Gasteiger partial charge in [-0.05, 0) is 17.7 Å². The van der Waals surface area contributed by atoms with Crippen LogP contribution in [0.15, 0.2) is 67.1 Å². The molecule has 3 aromatic rings. The molecule has 2 atom stereocenters. The number of pyridine rings is 2. The first-order valence-electron chi connectivity index (χ1n) is 8.59. The van der Waals surface area contributed by atoms with E-state index < -0.39 is 24.1 Å². The number of benzene rings is 1. The van der Waals surface area contributed by atoms with Gasteiger partial charge in [0.15, 0.2) is 5.82 Å². The van der Waals surface area contributed by atoms with E-state index in [1.54, 1.807) is 29.4 Å². The van der Waals surface area contributed by atoms with Crippen LogP contribution in [0.1, 0.15) is 33.7 Å². The van der Waals surface area contributed by atoms with Crippen molar-refractivity contribution in [3.63, 3.8) is 0 Å². The normalized spacial score (nSPS) is 16.1. The largest absolute Gasteiger partial charge is 0.478 e. The molecule has 0 aliphatic carbocycles. The maximum Gasteiger partial charge on any atom is 0.338 e. The first-order chi connectivity index (χ1) is 13.6. The number of nitrogens with zero attached hydrogens (tertiary/aromatic N) is 3. The Kier molecular flexibility index (Phi) is 4.36. The Bertz CT molecular complexity index is 1030. The lowest BCUT2D eigenvalue weighted by atomic mass is 10.0. The summed E-state index contributed by atoms with van der Waals surface area (Å²) >= 11 is 0. The Balaban J connectivity index is 1.94. The molecule has 0 bridgehead atoms. The number of carbonyl (C=O) groups excluding carboxylic acids is 1. The van der Waals surface area contributed by atoms with Gasteiger partial charge in [0, 0.05) is 24.2 Å². The lowest BCUT2D eigenvalue weighted by Gasteiger charge is -2.33. The van der Waals surface area contributed by atoms with Crippen molar-refractivity contribution in [3.05, 3.63) is 83.8 Å². The fourth-order valence-electron chi connectivity index (χ4n) is 3.48. The number of aromatic nitrogens is 2. The first kappa shape index (κ1) is 17.5. The van der Waals surface area contributed by atoms with Crippen LogP contribution in [-0.2, 0) is 4.79 Å². The van der Waals surface area contributed by atoms with Crippen LogP contribution in [0.5, 0.6) is 0 Å². The van der Waals surface area contributed by atoms with Crippen LogP contribution in [0, 0.1) is 0 Å². The highest BCUT2D eigenvalue weighted by Crippen LogP contribution is 2.46. The highest BCUT2D eigenvalue weighted by Gasteiger charge is 2.41. The van der Waals surface area contributed by atoms with E-state index >= 15 is 0 Å². The van der Waals surface area contributed by atoms with E-state index in [2.05, 4.69) is 15.3 Å². The van der Waals surface area contributed by atoms with E-state index in [1.165, 1.54) is 12.3 Å². The van der Waals surface area contributed by atoms with E-state index in [0.29, 0.717) is 17.1 Å². The number of rotatable bonds is 5. The van der Waals surface area contributed by atoms with Crippen molar-refractivity contribution in [1.29, 1.82) is 0 Å². The van der Waals surface area contributed by atoms with Crippen LogP contribution >= 0.6 is 0 Å². The molecule has 140 valence electrons. The van der Waals surface area contributed by atoms with E-state index in [-0.39, 0.29) is 5.56 Å². The van der Waals surface area contributed by atoms with Crippen molar-refractivity contribution in [2.75, 3.05) is 10.2 Å². The highest BCUT2D eigenvalue weighted by atomic mass is 16.4. The van der Waals surface area contributed by atoms with Gasteiger partial charge in [-0.1, -0.05) is 36.4 Å². The molecular weight excluding hydrogens is 358 g/mol. The summed E-state index contributed by atoms with van der Waals surface area (Å²) in [7, 11) is 0. The summed E-state index contributed by atoms with van der Waals surface area (Å²) in [6.45, 7) is 0. The smallest absolute Gasteiger partial charge is 0.338 e. The molecule has 3 heterocycles. The number of fused-ring (bicyclic) bond motifs is 1. The monoisotopic (exact) mass is 375 g/mol. The van der Waals surface area contributed by atoms with E-state index in [0.717, 1.165) is 5.56 Å². The Labute approximate surface area is 160 Å². The second kappa shape index (κ2) is 6.99. The van der Waals surface area contributed by atoms with Crippen molar-refractivity contribution < 1.29 is 14.7 Å². The third-order valence-corrected chi connectivity index (χ3v) is 4.63. The number of carboxylic acids is 1. The second-order valence-corrected chi connectivity index (χ2v) is 6.32. The fraction of sp³-hybridized carbons (Fsp3) is 0.100. The van der Waals surface area contributed by atoms with Gasteiger partial charge in [0.25, 0.3) is 0 Å². The summed E-state index contributed by atoms with van der Waals surface area (Å²) in [5, 5.41) is 12.9. The Morgan fingerprint density at radius 3 is 2.54 bits per heavy atom. The summed E-state index contributed by atoms with van der Waals surface area (Å²) in [6.07, 6.45) is 4.04. The van der Waals surface area contributed by atoms with E-state index in [1.807, 2.05) is 30.3 Å². The van der Waals surface area contributed by atoms with Crippen molar-refractivity contribution in [1.82, 2.24) is 9.97 Å². The van der Waals surface area contributed by atoms with Gasteiger partial charge >= 0.3 is 5.97 Å². The van der Waals surface area contributed by atoms with Crippen LogP contribution in [0.25, 0.3) is 0 Å². The highest BCUT2D eigenvalue weighted by molar-refractivity contribution is 6.01. The molecule has 2 unspecified atom stereocenters. The number of primary amides is 1. The average molecular weight is 375 g/mol. The summed E-state index contributed by atoms with van der Waals surface area (Å²) in [5.41, 5.74) is 7.52. The molecule has 4 rings (SSSR count). The number of anilines is 2. The number of hydrogen-bond acceptors (Lipinski definition) is 6. The van der Waals surface area contributed by atoms with Gasteiger partial charge in [-0.25, -0.2) is 9.78 Å². The molecule has 0 saturated carbocycles. The number of nitrogens with one attached hydrogen (secondary N) is 1. The van der Waals surface area contributed by atoms with Crippen molar-refractivity contribution >= 4 is 23.4 Å². The number of aromatic carboxylic acids is 1. The molecule has 0 saturated heterocycles. The summed E-state index contributed by atoms with van der Waals surface area (Å²) in [5.74, 6) is -1.36. The topological polar surface area (TPSA) is 121 Å². The summed E-state index contributed by atoms with van der Waals surface area (Å²) in [6, 6.07) is 13.3. The number of amides is 1. The zero-order valence-corrected chi connectivity index (χ0v) is 14.7. The van der Waals surface area contributed by atoms with Gasteiger partial charge in [0.2, 0.25) is 5.91 Å². The Hall–Kier alpha value is -3.94. The van der Waals surface area contributed by atoms with Gasteiger partial charge in [-0.15, -0.1) is 0 Å². The minimum atomic E-state index is -1.12. The molecule has 1 aromatic carbocycles. The molecule has 0 fully saturated rings. The zero-order valence-electron chi connectivity index (χ0n) is 14.7. The number of carbonyl (C=O) groups is 2. The quantitative estimate of drug-likeness (QED) is 0.626. The van der Waals surface area contributed by atoms with Gasteiger partial charge in [-0.2, -0.15) is 0 Å². The minimum Gasteiger partial charge on any atom is -0.478 e. The molecule has 0 spiro atoms. The van der Waals surface area contributed by atoms with Crippen LogP contribution in [0.3, 0.4) is 0 Å². The minimum absolute atomic E-state index is 0.0334. The summed E-state index contributed by atoms with van der Waals surface area (Å²) in [4.78, 5) is 34.4. The SMILES string of the molecule is NC(=O)C(c1cccnc1)N1c2c(C(=O)O)ccnc2NC1c1ccccc1. The van der Waals surface area contributed by atoms with Crippen molar-refractivity contribution in [2.45, 2.75) is 12.2 Å². The predicted molar refractivity (Wildman–Crippen MR) is 103 cm³/mol. The van der Waals surface area contributed by atoms with Gasteiger partial charge < -0.3 is 21.1 Å². The van der Waals surface area contributed by atoms with Crippen molar-refractivity contribution in [2.24, 2.45) is 5.73 Å². The molecule has 1 aliphatic heterocycles. The molecule has 4 N–H and O–H groups in total. The van der Waals surface area contributed by atoms with Gasteiger partial charge in [-0.3, -0.25) is 9.78 Å². The molecule has 0 radical (unpaired) electrons. The lowest BCUT2D eigenvalue weighted by molar-refractivity contribution is -0.119. The third kappa shape index (κ3) is 2.90. The number of hydrogen-bond donors (Lipinski definition) is 3. The maximum absolute atomic E-state index is 12.5. The molecule has 1 aliphatic rings. The maximum atomic E-state index is 12.5. The third-order valence-electron chi connectivity index (χ3n) is 4.63. The summed E-state index contributed by atoms with van der Waals surface area (Å²) < 4.78 is 0. The lowest BCUT2D eigenvalue weighted by Crippen LogP contribution is -2.40. The molecule has 1 amide bonds. The van der Waals surface area contributed by atoms with Gasteiger partial charge in [0.1, 0.15) is 12.2 Å².